The van der Waals surface area contributed by atoms with Gasteiger partial charge in [-0.25, -0.2) is 0 Å². The molecule has 0 amide bonds. The minimum Gasteiger partial charge on any atom is -0.131 e. The molecule has 0 saturated carbocycles. The van der Waals surface area contributed by atoms with Crippen molar-refractivity contribution in [3.8, 4) is 0 Å². The van der Waals surface area contributed by atoms with E-state index in [1.54, 1.807) is 0 Å². The second kappa shape index (κ2) is 6.22. The highest BCUT2D eigenvalue weighted by molar-refractivity contribution is 9.79. The molecule has 1 atom stereocenters. The fraction of sp³-hybridized carbons (Fsp3) is 1.00. The summed E-state index contributed by atoms with van der Waals surface area (Å²) in [6.07, 6.45) is 0. The topological polar surface area (TPSA) is 0 Å². The Bertz CT molecular complexity index is 273. The molecule has 0 fully saturated rings. The summed E-state index contributed by atoms with van der Waals surface area (Å²) in [6, 6.07) is 0. The van der Waals surface area contributed by atoms with E-state index in [1.807, 2.05) is 0 Å². The lowest BCUT2D eigenvalue weighted by Crippen LogP contribution is -2.81. The highest BCUT2D eigenvalue weighted by atomic mass is 80.0. The van der Waals surface area contributed by atoms with Crippen molar-refractivity contribution in [1.29, 1.82) is 0 Å². The highest BCUT2D eigenvalue weighted by Crippen LogP contribution is 2.56. The zero-order valence-corrected chi connectivity index (χ0v) is 25.3. The van der Waals surface area contributed by atoms with Crippen LogP contribution in [0.1, 0.15) is 0 Å². The van der Waals surface area contributed by atoms with Crippen LogP contribution >= 0.6 is 91.8 Å². The van der Waals surface area contributed by atoms with E-state index in [4.69, 9.17) is 0 Å². The van der Waals surface area contributed by atoms with Crippen molar-refractivity contribution in [3.63, 3.8) is 0 Å². The number of hydrogen-bond acceptors (Lipinski definition) is 0. The van der Waals surface area contributed by atoms with Gasteiger partial charge in [0.2, 0.25) is 0 Å². The van der Waals surface area contributed by atoms with Crippen molar-refractivity contribution in [3.05, 3.63) is 0 Å². The largest absolute Gasteiger partial charge is 0.263 e. The molecule has 0 bridgehead atoms. The maximum Gasteiger partial charge on any atom is 0.263 e. The van der Waals surface area contributed by atoms with Gasteiger partial charge in [-0.1, -0.05) is 85.2 Å². The van der Waals surface area contributed by atoms with Crippen molar-refractivity contribution in [2.45, 2.75) is 39.3 Å². The molecule has 17 heavy (non-hydrogen) atoms. The summed E-state index contributed by atoms with van der Waals surface area (Å²) in [7, 11) is -2.59. The zero-order valence-electron chi connectivity index (χ0n) is 10.8. The molecule has 0 aliphatic heterocycles. The maximum absolute atomic E-state index is 4.31. The third kappa shape index (κ3) is 4.03. The van der Waals surface area contributed by atoms with Crippen LogP contribution in [0, 0.1) is 0 Å². The molecule has 0 radical (unpaired) electrons. The monoisotopic (exact) mass is 704 g/mol. The Morgan fingerprint density at radius 1 is 0.529 bits per heavy atom. The van der Waals surface area contributed by atoms with E-state index in [9.17, 15) is 0 Å². The fourth-order valence-corrected chi connectivity index (χ4v) is 273. The molecule has 11 heteroatoms. The lowest BCUT2D eigenvalue weighted by atomic mass is 11.8. The molecule has 0 aromatic rings. The van der Waals surface area contributed by atoms with Gasteiger partial charge in [0.25, 0.3) is 3.45 Å². The van der Waals surface area contributed by atoms with Crippen LogP contribution in [0.25, 0.3) is 0 Å². The van der Waals surface area contributed by atoms with Crippen LogP contribution in [0.2, 0.25) is 39.3 Å². The summed E-state index contributed by atoms with van der Waals surface area (Å²) < 4.78 is -3.36. The molecule has 0 aromatic carbocycles. The van der Waals surface area contributed by atoms with E-state index in [2.05, 4.69) is 131 Å². The minimum absolute atomic E-state index is 1.27. The quantitative estimate of drug-likeness (QED) is 0.226. The molecule has 0 aliphatic rings. The van der Waals surface area contributed by atoms with Gasteiger partial charge in [0.15, 0.2) is 9.59 Å². The Balaban J connectivity index is 6.04. The van der Waals surface area contributed by atoms with Crippen LogP contribution in [0.5, 0.6) is 0 Å². The first-order chi connectivity index (χ1) is 7.00. The molecule has 0 aliphatic carbocycles. The Labute approximate surface area is 157 Å². The van der Waals surface area contributed by atoms with E-state index in [0.29, 0.717) is 0 Å². The van der Waals surface area contributed by atoms with Crippen LogP contribution in [-0.2, 0) is 0 Å². The van der Waals surface area contributed by atoms with Gasteiger partial charge in [-0.2, -0.15) is 0 Å². The molecule has 0 N–H and O–H groups in total. The third-order valence-corrected chi connectivity index (χ3v) is 197. The van der Waals surface area contributed by atoms with Gasteiger partial charge in [-0.3, -0.25) is 0 Å². The summed E-state index contributed by atoms with van der Waals surface area (Å²) in [4.78, 5) is 0. The fourth-order valence-electron chi connectivity index (χ4n) is 1.59. The third-order valence-electron chi connectivity index (χ3n) is 2.80. The second-order valence-electron chi connectivity index (χ2n) is 6.23. The SMILES string of the molecule is C[Si](C)(C)[Si](Br)(Br)[Si](Br)([Si](C)(C)C)[Si](Br)(Br)Br. The van der Waals surface area contributed by atoms with E-state index in [-0.39, 0.29) is 0 Å². The van der Waals surface area contributed by atoms with E-state index < -0.39 is 28.2 Å². The summed E-state index contributed by atoms with van der Waals surface area (Å²) in [5, 5.41) is -1.64. The predicted octanol–water partition coefficient (Wildman–Crippen LogP) is 6.67. The normalized spacial score (nSPS) is 19.1. The van der Waals surface area contributed by atoms with Crippen molar-refractivity contribution < 1.29 is 0 Å². The Hall–Kier alpha value is 3.96. The first-order valence-corrected chi connectivity index (χ1v) is 35.7. The van der Waals surface area contributed by atoms with Crippen molar-refractivity contribution in [1.82, 2.24) is 0 Å². The van der Waals surface area contributed by atoms with E-state index in [1.165, 1.54) is 0 Å². The average molecular weight is 710 g/mol. The number of halogens is 6. The van der Waals surface area contributed by atoms with Crippen molar-refractivity contribution >= 4 is 120 Å². The molecule has 0 spiro atoms. The maximum atomic E-state index is 4.31. The summed E-state index contributed by atoms with van der Waals surface area (Å²) in [5.41, 5.74) is 0. The molecule has 0 aromatic heterocycles. The van der Waals surface area contributed by atoms with Gasteiger partial charge in [-0.05, 0) is 0 Å². The van der Waals surface area contributed by atoms with Gasteiger partial charge in [0.05, 0.1) is 15.2 Å². The van der Waals surface area contributed by atoms with Crippen LogP contribution < -0.4 is 0 Å². The molecule has 0 heterocycles. The Morgan fingerprint density at radius 3 is 0.882 bits per heavy atom. The van der Waals surface area contributed by atoms with Gasteiger partial charge in [0.1, 0.15) is 0 Å². The smallest absolute Gasteiger partial charge is 0.131 e. The van der Waals surface area contributed by atoms with Gasteiger partial charge < -0.3 is 0 Å². The summed E-state index contributed by atoms with van der Waals surface area (Å²) in [5.74, 6) is 0. The number of rotatable bonds is 4. The lowest BCUT2D eigenvalue weighted by Gasteiger charge is -2.52. The van der Waals surface area contributed by atoms with E-state index in [0.717, 1.165) is 0 Å². The first-order valence-electron chi connectivity index (χ1n) is 5.13. The lowest BCUT2D eigenvalue weighted by molar-refractivity contribution is 1.84. The number of hydrogen-bond donors (Lipinski definition) is 0. The van der Waals surface area contributed by atoms with Gasteiger partial charge >= 0.3 is 0 Å². The zero-order chi connectivity index (χ0) is 14.5. The molecule has 104 valence electrons. The summed E-state index contributed by atoms with van der Waals surface area (Å²) >= 11 is 24.7. The Kier molecular flexibility index (Phi) is 7.68. The second-order valence-corrected chi connectivity index (χ2v) is 103. The average Bonchev–Trinajstić information content (AvgIpc) is 1.95. The molecular formula is C6H18Br6Si5. The van der Waals surface area contributed by atoms with Crippen molar-refractivity contribution in [2.24, 2.45) is 0 Å². The van der Waals surface area contributed by atoms with Crippen LogP contribution in [0.4, 0.5) is 0 Å². The van der Waals surface area contributed by atoms with E-state index >= 15 is 0 Å². The standard InChI is InChI=1S/C6H18Br6Si5/c1-13(2,3)16(10,11)17(12,14(4,5)6)15(7,8)9/h1-6H3. The van der Waals surface area contributed by atoms with Crippen LogP contribution in [-0.4, -0.2) is 28.2 Å². The molecular weight excluding hydrogens is 692 g/mol. The molecule has 1 unspecified atom stereocenters. The Morgan fingerprint density at radius 2 is 0.824 bits per heavy atom. The molecule has 0 saturated heterocycles. The molecule has 0 nitrogen and oxygen atoms in total. The minimum atomic E-state index is -1.73. The summed E-state index contributed by atoms with van der Waals surface area (Å²) in [6.45, 7) is 14.9. The van der Waals surface area contributed by atoms with Gasteiger partial charge in [-0.15, -0.1) is 45.9 Å². The van der Waals surface area contributed by atoms with Gasteiger partial charge in [0, 0.05) is 0 Å². The van der Waals surface area contributed by atoms with Crippen molar-refractivity contribution in [2.75, 3.05) is 0 Å². The van der Waals surface area contributed by atoms with Crippen LogP contribution in [0.15, 0.2) is 0 Å². The van der Waals surface area contributed by atoms with Crippen LogP contribution in [0.3, 0.4) is 0 Å². The first kappa shape index (κ1) is 21.0. The molecule has 0 rings (SSSR count). The highest BCUT2D eigenvalue weighted by Gasteiger charge is 2.72. The predicted molar refractivity (Wildman–Crippen MR) is 118 cm³/mol.